The highest BCUT2D eigenvalue weighted by molar-refractivity contribution is 5.85. The van der Waals surface area contributed by atoms with E-state index in [2.05, 4.69) is 0 Å². The molecule has 0 aliphatic heterocycles. The third-order valence-corrected chi connectivity index (χ3v) is 2.98. The molecule has 1 saturated carbocycles. The molecule has 4 heteroatoms. The first-order chi connectivity index (χ1) is 5.86. The molecule has 86 valence electrons. The van der Waals surface area contributed by atoms with Gasteiger partial charge in [-0.2, -0.15) is 0 Å². The Balaban J connectivity index is 0.00000169. The summed E-state index contributed by atoms with van der Waals surface area (Å²) in [4.78, 5) is 0. The van der Waals surface area contributed by atoms with E-state index in [1.165, 1.54) is 13.8 Å². The Bertz CT molecular complexity index is 171. The molecule has 1 aliphatic rings. The molecule has 0 aromatic rings. The van der Waals surface area contributed by atoms with Crippen LogP contribution >= 0.6 is 12.4 Å². The summed E-state index contributed by atoms with van der Waals surface area (Å²) in [6.07, 6.45) is 4.21. The molecule has 0 saturated heterocycles. The molecule has 0 bridgehead atoms. The quantitative estimate of drug-likeness (QED) is 0.769. The maximum Gasteiger partial charge on any atom is 0.267 e. The molecule has 0 radical (unpaired) electrons. The van der Waals surface area contributed by atoms with E-state index in [0.717, 1.165) is 19.3 Å². The highest BCUT2D eigenvalue weighted by Gasteiger charge is 2.50. The van der Waals surface area contributed by atoms with Gasteiger partial charge >= 0.3 is 0 Å². The normalized spacial score (nSPS) is 20.4. The lowest BCUT2D eigenvalue weighted by molar-refractivity contribution is -0.120. The van der Waals surface area contributed by atoms with Gasteiger partial charge in [-0.25, -0.2) is 8.78 Å². The van der Waals surface area contributed by atoms with Crippen LogP contribution in [0.25, 0.3) is 0 Å². The number of nitrogens with two attached hydrogens (primary N) is 1. The van der Waals surface area contributed by atoms with Crippen LogP contribution in [0.4, 0.5) is 8.78 Å². The minimum atomic E-state index is -2.71. The Hall–Kier alpha value is 0.110. The fraction of sp³-hybridized carbons (Fsp3) is 1.00. The van der Waals surface area contributed by atoms with Crippen LogP contribution in [0, 0.1) is 5.92 Å². The Morgan fingerprint density at radius 1 is 1.07 bits per heavy atom. The summed E-state index contributed by atoms with van der Waals surface area (Å²) in [5.74, 6) is -3.21. The Morgan fingerprint density at radius 3 is 1.86 bits per heavy atom. The Morgan fingerprint density at radius 2 is 1.50 bits per heavy atom. The van der Waals surface area contributed by atoms with Crippen LogP contribution in [-0.4, -0.2) is 11.5 Å². The molecule has 0 spiro atoms. The van der Waals surface area contributed by atoms with E-state index >= 15 is 0 Å². The highest BCUT2D eigenvalue weighted by atomic mass is 35.5. The highest BCUT2D eigenvalue weighted by Crippen LogP contribution is 2.41. The maximum atomic E-state index is 13.7. The molecule has 0 aromatic carbocycles. The molecule has 1 nitrogen and oxygen atoms in total. The van der Waals surface area contributed by atoms with Crippen molar-refractivity contribution in [3.63, 3.8) is 0 Å². The molecule has 0 heterocycles. The van der Waals surface area contributed by atoms with E-state index in [9.17, 15) is 8.78 Å². The van der Waals surface area contributed by atoms with Gasteiger partial charge in [0.15, 0.2) is 0 Å². The molecule has 1 rings (SSSR count). The molecule has 2 N–H and O–H groups in total. The largest absolute Gasteiger partial charge is 0.321 e. The molecule has 14 heavy (non-hydrogen) atoms. The third-order valence-electron chi connectivity index (χ3n) is 2.98. The van der Waals surface area contributed by atoms with Gasteiger partial charge in [-0.1, -0.05) is 19.3 Å². The monoisotopic (exact) mass is 227 g/mol. The van der Waals surface area contributed by atoms with Crippen molar-refractivity contribution in [2.75, 3.05) is 0 Å². The van der Waals surface area contributed by atoms with Crippen LogP contribution < -0.4 is 5.73 Å². The van der Waals surface area contributed by atoms with Gasteiger partial charge in [0.2, 0.25) is 0 Å². The van der Waals surface area contributed by atoms with Crippen molar-refractivity contribution >= 4 is 12.4 Å². The summed E-state index contributed by atoms with van der Waals surface area (Å²) in [5, 5.41) is 0. The second-order valence-corrected chi connectivity index (χ2v) is 4.68. The predicted molar refractivity (Wildman–Crippen MR) is 57.0 cm³/mol. The van der Waals surface area contributed by atoms with Gasteiger partial charge in [0.05, 0.1) is 5.54 Å². The first-order valence-corrected chi connectivity index (χ1v) is 5.02. The first-order valence-electron chi connectivity index (χ1n) is 5.02. The van der Waals surface area contributed by atoms with Crippen LogP contribution in [0.2, 0.25) is 0 Å². The molecular formula is C10H20ClF2N. The summed E-state index contributed by atoms with van der Waals surface area (Å²) in [7, 11) is 0. The number of halogens is 3. The van der Waals surface area contributed by atoms with Crippen LogP contribution in [0.5, 0.6) is 0 Å². The van der Waals surface area contributed by atoms with Crippen molar-refractivity contribution in [3.8, 4) is 0 Å². The summed E-state index contributed by atoms with van der Waals surface area (Å²) in [5.41, 5.74) is 4.11. The van der Waals surface area contributed by atoms with E-state index < -0.39 is 17.4 Å². The molecule has 0 amide bonds. The number of hydrogen-bond donors (Lipinski definition) is 1. The van der Waals surface area contributed by atoms with Gasteiger partial charge in [0.1, 0.15) is 0 Å². The summed E-state index contributed by atoms with van der Waals surface area (Å²) >= 11 is 0. The number of rotatable bonds is 2. The lowest BCUT2D eigenvalue weighted by Gasteiger charge is -2.38. The zero-order valence-corrected chi connectivity index (χ0v) is 9.67. The fourth-order valence-electron chi connectivity index (χ4n) is 1.99. The second kappa shape index (κ2) is 4.75. The van der Waals surface area contributed by atoms with Gasteiger partial charge in [0.25, 0.3) is 5.92 Å². The molecule has 0 aromatic heterocycles. The van der Waals surface area contributed by atoms with Gasteiger partial charge in [0, 0.05) is 5.92 Å². The molecule has 1 aliphatic carbocycles. The van der Waals surface area contributed by atoms with Crippen molar-refractivity contribution in [1.29, 1.82) is 0 Å². The zero-order valence-electron chi connectivity index (χ0n) is 8.85. The van der Waals surface area contributed by atoms with Crippen molar-refractivity contribution in [3.05, 3.63) is 0 Å². The van der Waals surface area contributed by atoms with Crippen molar-refractivity contribution in [2.24, 2.45) is 11.7 Å². The molecule has 0 unspecified atom stereocenters. The van der Waals surface area contributed by atoms with Gasteiger partial charge in [-0.3, -0.25) is 0 Å². The SMILES string of the molecule is CC(C)(N)C(F)(F)C1CCCCC1.Cl. The Kier molecular flexibility index (Phi) is 4.79. The van der Waals surface area contributed by atoms with Crippen molar-refractivity contribution in [1.82, 2.24) is 0 Å². The lowest BCUT2D eigenvalue weighted by atomic mass is 9.78. The standard InChI is InChI=1S/C10H19F2N.ClH/c1-9(2,13)10(11,12)8-6-4-3-5-7-8;/h8H,3-7,13H2,1-2H3;1H. The predicted octanol–water partition coefficient (Wildman–Crippen LogP) is 3.36. The second-order valence-electron chi connectivity index (χ2n) is 4.68. The first kappa shape index (κ1) is 14.1. The number of alkyl halides is 2. The summed E-state index contributed by atoms with van der Waals surface area (Å²) in [6.45, 7) is 2.84. The zero-order chi connectivity index (χ0) is 10.1. The van der Waals surface area contributed by atoms with Crippen molar-refractivity contribution < 1.29 is 8.78 Å². The van der Waals surface area contributed by atoms with Gasteiger partial charge < -0.3 is 5.73 Å². The van der Waals surface area contributed by atoms with Crippen LogP contribution in [0.15, 0.2) is 0 Å². The van der Waals surface area contributed by atoms with Crippen LogP contribution in [0.1, 0.15) is 46.0 Å². The summed E-state index contributed by atoms with van der Waals surface area (Å²) < 4.78 is 27.4. The van der Waals surface area contributed by atoms with E-state index in [1.807, 2.05) is 0 Å². The minimum absolute atomic E-state index is 0. The lowest BCUT2D eigenvalue weighted by Crippen LogP contribution is -2.55. The molecular weight excluding hydrogens is 208 g/mol. The Labute approximate surface area is 90.8 Å². The van der Waals surface area contributed by atoms with E-state index in [0.29, 0.717) is 12.8 Å². The topological polar surface area (TPSA) is 26.0 Å². The van der Waals surface area contributed by atoms with Crippen LogP contribution in [-0.2, 0) is 0 Å². The minimum Gasteiger partial charge on any atom is -0.321 e. The summed E-state index contributed by atoms with van der Waals surface area (Å²) in [6, 6.07) is 0. The van der Waals surface area contributed by atoms with E-state index in [1.54, 1.807) is 0 Å². The average molecular weight is 228 g/mol. The maximum absolute atomic E-state index is 13.7. The van der Waals surface area contributed by atoms with Gasteiger partial charge in [-0.15, -0.1) is 12.4 Å². The fourth-order valence-corrected chi connectivity index (χ4v) is 1.99. The molecule has 1 fully saturated rings. The van der Waals surface area contributed by atoms with E-state index in [4.69, 9.17) is 5.73 Å². The average Bonchev–Trinajstić information content (AvgIpc) is 2.04. The third kappa shape index (κ3) is 2.80. The number of hydrogen-bond acceptors (Lipinski definition) is 1. The van der Waals surface area contributed by atoms with Crippen molar-refractivity contribution in [2.45, 2.75) is 57.4 Å². The molecule has 0 atom stereocenters. The smallest absolute Gasteiger partial charge is 0.267 e. The van der Waals surface area contributed by atoms with E-state index in [-0.39, 0.29) is 12.4 Å². The van der Waals surface area contributed by atoms with Crippen LogP contribution in [0.3, 0.4) is 0 Å². The van der Waals surface area contributed by atoms with Gasteiger partial charge in [-0.05, 0) is 26.7 Å².